The van der Waals surface area contributed by atoms with Crippen molar-refractivity contribution in [1.29, 1.82) is 0 Å². The van der Waals surface area contributed by atoms with E-state index < -0.39 is 24.2 Å². The topological polar surface area (TPSA) is 60.9 Å². The van der Waals surface area contributed by atoms with Crippen LogP contribution in [0.4, 0.5) is 17.6 Å². The van der Waals surface area contributed by atoms with Gasteiger partial charge in [0, 0.05) is 4.88 Å². The van der Waals surface area contributed by atoms with Crippen molar-refractivity contribution in [3.63, 3.8) is 0 Å². The average Bonchev–Trinajstić information content (AvgIpc) is 3.35. The Morgan fingerprint density at radius 3 is 2.68 bits per heavy atom. The van der Waals surface area contributed by atoms with Gasteiger partial charge >= 0.3 is 0 Å². The molecule has 0 unspecified atom stereocenters. The second-order valence-electron chi connectivity index (χ2n) is 6.68. The fourth-order valence-corrected chi connectivity index (χ4v) is 4.88. The molecule has 0 saturated heterocycles. The highest BCUT2D eigenvalue weighted by atomic mass is 32.1. The minimum Gasteiger partial charge on any atom is -0.256 e. The third-order valence-corrected chi connectivity index (χ3v) is 6.10. The van der Waals surface area contributed by atoms with E-state index in [1.807, 2.05) is 0 Å². The van der Waals surface area contributed by atoms with Gasteiger partial charge < -0.3 is 0 Å². The summed E-state index contributed by atoms with van der Waals surface area (Å²) in [6.45, 7) is -0.220. The van der Waals surface area contributed by atoms with Crippen LogP contribution in [0.15, 0.2) is 12.4 Å². The van der Waals surface area contributed by atoms with Crippen LogP contribution in [-0.2, 0) is 19.4 Å². The van der Waals surface area contributed by atoms with Gasteiger partial charge in [0.1, 0.15) is 29.1 Å². The molecule has 0 N–H and O–H groups in total. The summed E-state index contributed by atoms with van der Waals surface area (Å²) >= 11 is 1.65. The normalized spacial score (nSPS) is 14.6. The van der Waals surface area contributed by atoms with E-state index in [-0.39, 0.29) is 12.4 Å². The number of hydrogen-bond acceptors (Lipinski definition) is 5. The fraction of sp³-hybridized carbons (Fsp3) is 0.412. The van der Waals surface area contributed by atoms with Gasteiger partial charge in [0.05, 0.1) is 5.39 Å². The molecule has 4 aromatic rings. The SMILES string of the molecule is FC(F)c1cc(C(F)F)n(Cc2nc3c4c5c(sc4ncn3n2)CCCC5)n1. The van der Waals surface area contributed by atoms with E-state index in [9.17, 15) is 17.6 Å². The van der Waals surface area contributed by atoms with Gasteiger partial charge in [0.15, 0.2) is 11.5 Å². The molecule has 4 heterocycles. The van der Waals surface area contributed by atoms with E-state index in [1.165, 1.54) is 21.3 Å². The second kappa shape index (κ2) is 6.50. The monoisotopic (exact) mass is 410 g/mol. The van der Waals surface area contributed by atoms with Gasteiger partial charge in [-0.15, -0.1) is 16.4 Å². The lowest BCUT2D eigenvalue weighted by molar-refractivity contribution is 0.139. The predicted octanol–water partition coefficient (Wildman–Crippen LogP) is 4.34. The number of hydrogen-bond donors (Lipinski definition) is 0. The predicted molar refractivity (Wildman–Crippen MR) is 94.1 cm³/mol. The van der Waals surface area contributed by atoms with Crippen molar-refractivity contribution in [3.05, 3.63) is 40.0 Å². The molecule has 28 heavy (non-hydrogen) atoms. The molecule has 0 aromatic carbocycles. The van der Waals surface area contributed by atoms with Crippen LogP contribution in [0.3, 0.4) is 0 Å². The molecule has 11 heteroatoms. The molecular formula is C17H14F4N6S. The summed E-state index contributed by atoms with van der Waals surface area (Å²) in [6, 6.07) is 0.722. The Morgan fingerprint density at radius 2 is 1.89 bits per heavy atom. The van der Waals surface area contributed by atoms with E-state index in [0.29, 0.717) is 5.65 Å². The molecule has 0 atom stereocenters. The molecule has 5 rings (SSSR count). The van der Waals surface area contributed by atoms with Gasteiger partial charge in [-0.3, -0.25) is 4.68 Å². The second-order valence-corrected chi connectivity index (χ2v) is 7.77. The van der Waals surface area contributed by atoms with Crippen molar-refractivity contribution >= 4 is 27.2 Å². The van der Waals surface area contributed by atoms with Crippen LogP contribution < -0.4 is 0 Å². The van der Waals surface area contributed by atoms with E-state index in [1.54, 1.807) is 11.3 Å². The molecule has 0 spiro atoms. The van der Waals surface area contributed by atoms with Gasteiger partial charge in [-0.05, 0) is 37.3 Å². The number of aromatic nitrogens is 6. The first-order chi connectivity index (χ1) is 13.5. The number of rotatable bonds is 4. The molecule has 4 aromatic heterocycles. The lowest BCUT2D eigenvalue weighted by atomic mass is 9.97. The van der Waals surface area contributed by atoms with Crippen LogP contribution >= 0.6 is 11.3 Å². The van der Waals surface area contributed by atoms with Crippen molar-refractivity contribution in [2.45, 2.75) is 45.1 Å². The quantitative estimate of drug-likeness (QED) is 0.470. The Bertz CT molecular complexity index is 1180. The third-order valence-electron chi connectivity index (χ3n) is 4.90. The van der Waals surface area contributed by atoms with Crippen LogP contribution in [-0.4, -0.2) is 29.4 Å². The van der Waals surface area contributed by atoms with Gasteiger partial charge in [0.25, 0.3) is 12.9 Å². The standard InChI is InChI=1S/C17H14F4N6S/c18-14(19)9-5-10(15(20)21)26(24-9)6-12-23-16-13-8-3-1-2-4-11(8)28-17(13)22-7-27(16)25-12/h5,7,14-15H,1-4,6H2. The zero-order valence-corrected chi connectivity index (χ0v) is 15.3. The van der Waals surface area contributed by atoms with Gasteiger partial charge in [-0.2, -0.15) is 5.10 Å². The maximum absolute atomic E-state index is 13.2. The van der Waals surface area contributed by atoms with E-state index in [0.717, 1.165) is 46.6 Å². The van der Waals surface area contributed by atoms with Crippen LogP contribution in [0, 0.1) is 0 Å². The zero-order valence-electron chi connectivity index (χ0n) is 14.4. The van der Waals surface area contributed by atoms with Crippen LogP contribution in [0.1, 0.15) is 53.3 Å². The van der Waals surface area contributed by atoms with Crippen LogP contribution in [0.2, 0.25) is 0 Å². The maximum atomic E-state index is 13.2. The molecule has 0 saturated carbocycles. The maximum Gasteiger partial charge on any atom is 0.282 e. The van der Waals surface area contributed by atoms with Crippen molar-refractivity contribution < 1.29 is 17.6 Å². The first-order valence-corrected chi connectivity index (χ1v) is 9.61. The Labute approximate surface area is 159 Å². The first kappa shape index (κ1) is 17.5. The number of aryl methyl sites for hydroxylation is 2. The summed E-state index contributed by atoms with van der Waals surface area (Å²) in [5.74, 6) is 0.218. The summed E-state index contributed by atoms with van der Waals surface area (Å²) in [6.07, 6.45) is -0.0877. The lowest BCUT2D eigenvalue weighted by Crippen LogP contribution is -2.08. The van der Waals surface area contributed by atoms with Gasteiger partial charge in [-0.1, -0.05) is 0 Å². The first-order valence-electron chi connectivity index (χ1n) is 8.79. The molecule has 1 aliphatic carbocycles. The molecule has 0 amide bonds. The highest BCUT2D eigenvalue weighted by Crippen LogP contribution is 2.37. The summed E-state index contributed by atoms with van der Waals surface area (Å²) in [5, 5.41) is 8.85. The molecule has 146 valence electrons. The molecule has 1 aliphatic rings. The number of fused-ring (bicyclic) bond motifs is 5. The molecule has 0 bridgehead atoms. The molecule has 0 fully saturated rings. The number of thiophene rings is 1. The highest BCUT2D eigenvalue weighted by molar-refractivity contribution is 7.19. The summed E-state index contributed by atoms with van der Waals surface area (Å²) in [4.78, 5) is 11.1. The summed E-state index contributed by atoms with van der Waals surface area (Å²) in [5.41, 5.74) is 0.579. The number of halogens is 4. The van der Waals surface area contributed by atoms with Gasteiger partial charge in [0.2, 0.25) is 0 Å². The number of alkyl halides is 4. The smallest absolute Gasteiger partial charge is 0.256 e. The third kappa shape index (κ3) is 2.76. The Balaban J connectivity index is 1.59. The molecule has 0 radical (unpaired) electrons. The zero-order chi connectivity index (χ0) is 19.4. The van der Waals surface area contributed by atoms with Crippen molar-refractivity contribution in [2.24, 2.45) is 0 Å². The van der Waals surface area contributed by atoms with Crippen LogP contribution in [0.5, 0.6) is 0 Å². The molecule has 0 aliphatic heterocycles. The highest BCUT2D eigenvalue weighted by Gasteiger charge is 2.24. The van der Waals surface area contributed by atoms with E-state index >= 15 is 0 Å². The van der Waals surface area contributed by atoms with E-state index in [2.05, 4.69) is 20.2 Å². The largest absolute Gasteiger partial charge is 0.282 e. The van der Waals surface area contributed by atoms with Crippen molar-refractivity contribution in [2.75, 3.05) is 0 Å². The van der Waals surface area contributed by atoms with Crippen LogP contribution in [0.25, 0.3) is 15.9 Å². The summed E-state index contributed by atoms with van der Waals surface area (Å²) < 4.78 is 54.5. The lowest BCUT2D eigenvalue weighted by Gasteiger charge is -2.09. The Morgan fingerprint density at radius 1 is 1.07 bits per heavy atom. The fourth-order valence-electron chi connectivity index (χ4n) is 3.66. The molecule has 6 nitrogen and oxygen atoms in total. The Kier molecular flexibility index (Phi) is 4.07. The summed E-state index contributed by atoms with van der Waals surface area (Å²) in [7, 11) is 0. The van der Waals surface area contributed by atoms with Gasteiger partial charge in [-0.25, -0.2) is 32.0 Å². The minimum atomic E-state index is -2.92. The average molecular weight is 410 g/mol. The Hall–Kier alpha value is -2.56. The van der Waals surface area contributed by atoms with Crippen molar-refractivity contribution in [1.82, 2.24) is 29.4 Å². The minimum absolute atomic E-state index is 0.218. The number of nitrogens with zero attached hydrogens (tertiary/aromatic N) is 6. The van der Waals surface area contributed by atoms with Crippen molar-refractivity contribution in [3.8, 4) is 0 Å². The molecular weight excluding hydrogens is 396 g/mol. The van der Waals surface area contributed by atoms with E-state index in [4.69, 9.17) is 0 Å².